The van der Waals surface area contributed by atoms with Crippen LogP contribution in [0.15, 0.2) is 41.8 Å². The summed E-state index contributed by atoms with van der Waals surface area (Å²) in [4.78, 5) is 1.12. The van der Waals surface area contributed by atoms with Crippen LogP contribution in [0, 0.1) is 0 Å². The molecule has 1 rings (SSSR count). The van der Waals surface area contributed by atoms with Crippen LogP contribution >= 0.6 is 11.8 Å². The van der Waals surface area contributed by atoms with Crippen LogP contribution in [0.1, 0.15) is 18.4 Å². The Hall–Kier alpha value is -0.770. The molecule has 0 saturated heterocycles. The molecule has 1 atom stereocenters. The molecule has 1 aromatic rings. The van der Waals surface area contributed by atoms with Gasteiger partial charge in [0.1, 0.15) is 0 Å². The minimum Gasteiger partial charge on any atom is -0.392 e. The van der Waals surface area contributed by atoms with Gasteiger partial charge in [-0.15, -0.1) is 18.3 Å². The van der Waals surface area contributed by atoms with Crippen LogP contribution in [0.3, 0.4) is 0 Å². The predicted molar refractivity (Wildman–Crippen MR) is 68.5 cm³/mol. The third-order valence-corrected chi connectivity index (χ3v) is 3.41. The molecule has 2 nitrogen and oxygen atoms in total. The van der Waals surface area contributed by atoms with E-state index < -0.39 is 0 Å². The first kappa shape index (κ1) is 13.3. The molecule has 0 heterocycles. The molecule has 1 aromatic carbocycles. The second kappa shape index (κ2) is 7.49. The van der Waals surface area contributed by atoms with E-state index in [0.717, 1.165) is 23.3 Å². The maximum absolute atomic E-state index is 9.63. The van der Waals surface area contributed by atoms with Gasteiger partial charge < -0.3 is 10.2 Å². The fourth-order valence-corrected chi connectivity index (χ4v) is 2.16. The summed E-state index contributed by atoms with van der Waals surface area (Å²) in [5.74, 6) is 0.701. The van der Waals surface area contributed by atoms with Crippen molar-refractivity contribution in [2.24, 2.45) is 0 Å². The SMILES string of the molecule is C=CCCC(O)CSc1ccc(CO)cc1. The molecule has 0 aliphatic carbocycles. The van der Waals surface area contributed by atoms with E-state index in [0.29, 0.717) is 5.75 Å². The third-order valence-electron chi connectivity index (χ3n) is 2.25. The average molecular weight is 238 g/mol. The van der Waals surface area contributed by atoms with Gasteiger partial charge in [0.15, 0.2) is 0 Å². The first-order valence-corrected chi connectivity index (χ1v) is 6.36. The number of benzene rings is 1. The van der Waals surface area contributed by atoms with Gasteiger partial charge in [0, 0.05) is 10.6 Å². The first-order chi connectivity index (χ1) is 7.76. The van der Waals surface area contributed by atoms with Crippen molar-refractivity contribution < 1.29 is 10.2 Å². The van der Waals surface area contributed by atoms with Crippen LogP contribution in [0.2, 0.25) is 0 Å². The van der Waals surface area contributed by atoms with Crippen molar-refractivity contribution in [3.8, 4) is 0 Å². The van der Waals surface area contributed by atoms with Crippen molar-refractivity contribution in [1.29, 1.82) is 0 Å². The van der Waals surface area contributed by atoms with Gasteiger partial charge in [-0.2, -0.15) is 0 Å². The molecule has 3 heteroatoms. The summed E-state index contributed by atoms with van der Waals surface area (Å²) < 4.78 is 0. The number of hydrogen-bond acceptors (Lipinski definition) is 3. The van der Waals surface area contributed by atoms with Gasteiger partial charge in [0.2, 0.25) is 0 Å². The summed E-state index contributed by atoms with van der Waals surface area (Å²) >= 11 is 1.63. The minimum absolute atomic E-state index is 0.0763. The molecule has 0 bridgehead atoms. The lowest BCUT2D eigenvalue weighted by molar-refractivity contribution is 0.190. The monoisotopic (exact) mass is 238 g/mol. The highest BCUT2D eigenvalue weighted by Gasteiger charge is 2.03. The molecule has 0 aliphatic rings. The van der Waals surface area contributed by atoms with Crippen molar-refractivity contribution in [2.45, 2.75) is 30.4 Å². The normalized spacial score (nSPS) is 12.4. The lowest BCUT2D eigenvalue weighted by Gasteiger charge is -2.08. The quantitative estimate of drug-likeness (QED) is 0.566. The summed E-state index contributed by atoms with van der Waals surface area (Å²) in [5, 5.41) is 18.5. The Morgan fingerprint density at radius 3 is 2.56 bits per heavy atom. The number of rotatable bonds is 7. The molecule has 1 unspecified atom stereocenters. The molecule has 0 amide bonds. The summed E-state index contributed by atoms with van der Waals surface area (Å²) in [5.41, 5.74) is 0.913. The fourth-order valence-electron chi connectivity index (χ4n) is 1.28. The van der Waals surface area contributed by atoms with Gasteiger partial charge in [-0.25, -0.2) is 0 Å². The molecule has 0 spiro atoms. The highest BCUT2D eigenvalue weighted by molar-refractivity contribution is 7.99. The predicted octanol–water partition coefficient (Wildman–Crippen LogP) is 2.60. The van der Waals surface area contributed by atoms with E-state index in [1.165, 1.54) is 0 Å². The van der Waals surface area contributed by atoms with Crippen LogP contribution in [-0.4, -0.2) is 22.1 Å². The zero-order chi connectivity index (χ0) is 11.8. The van der Waals surface area contributed by atoms with Gasteiger partial charge in [-0.1, -0.05) is 18.2 Å². The van der Waals surface area contributed by atoms with E-state index >= 15 is 0 Å². The second-order valence-corrected chi connectivity index (χ2v) is 4.73. The van der Waals surface area contributed by atoms with Gasteiger partial charge in [0.05, 0.1) is 12.7 Å². The molecule has 16 heavy (non-hydrogen) atoms. The van der Waals surface area contributed by atoms with E-state index in [9.17, 15) is 5.11 Å². The lowest BCUT2D eigenvalue weighted by Crippen LogP contribution is -2.08. The van der Waals surface area contributed by atoms with E-state index in [-0.39, 0.29) is 12.7 Å². The van der Waals surface area contributed by atoms with Crippen LogP contribution < -0.4 is 0 Å². The molecular weight excluding hydrogens is 220 g/mol. The van der Waals surface area contributed by atoms with Crippen molar-refractivity contribution in [3.63, 3.8) is 0 Å². The van der Waals surface area contributed by atoms with Gasteiger partial charge >= 0.3 is 0 Å². The summed E-state index contributed by atoms with van der Waals surface area (Å²) in [6.07, 6.45) is 3.17. The molecular formula is C13H18O2S. The lowest BCUT2D eigenvalue weighted by atomic mass is 10.2. The van der Waals surface area contributed by atoms with Crippen LogP contribution in [0.25, 0.3) is 0 Å². The fraction of sp³-hybridized carbons (Fsp3) is 0.385. The molecule has 88 valence electrons. The Kier molecular flexibility index (Phi) is 6.23. The number of aliphatic hydroxyl groups excluding tert-OH is 2. The summed E-state index contributed by atoms with van der Waals surface area (Å²) in [6, 6.07) is 7.74. The zero-order valence-corrected chi connectivity index (χ0v) is 10.1. The number of allylic oxidation sites excluding steroid dienone is 1. The molecule has 0 aliphatic heterocycles. The van der Waals surface area contributed by atoms with Gasteiger partial charge in [-0.05, 0) is 30.5 Å². The van der Waals surface area contributed by atoms with Crippen molar-refractivity contribution >= 4 is 11.8 Å². The highest BCUT2D eigenvalue weighted by Crippen LogP contribution is 2.20. The van der Waals surface area contributed by atoms with Crippen molar-refractivity contribution in [1.82, 2.24) is 0 Å². The van der Waals surface area contributed by atoms with E-state index in [2.05, 4.69) is 6.58 Å². The van der Waals surface area contributed by atoms with Gasteiger partial charge in [0.25, 0.3) is 0 Å². The Labute approximate surface area is 101 Å². The Bertz CT molecular complexity index is 308. The molecule has 2 N–H and O–H groups in total. The molecule has 0 aromatic heterocycles. The highest BCUT2D eigenvalue weighted by atomic mass is 32.2. The Morgan fingerprint density at radius 2 is 2.00 bits per heavy atom. The van der Waals surface area contributed by atoms with Crippen molar-refractivity contribution in [2.75, 3.05) is 5.75 Å². The van der Waals surface area contributed by atoms with E-state index in [1.807, 2.05) is 30.3 Å². The van der Waals surface area contributed by atoms with Crippen LogP contribution in [0.4, 0.5) is 0 Å². The zero-order valence-electron chi connectivity index (χ0n) is 9.30. The van der Waals surface area contributed by atoms with E-state index in [1.54, 1.807) is 11.8 Å². The summed E-state index contributed by atoms with van der Waals surface area (Å²) in [7, 11) is 0. The largest absolute Gasteiger partial charge is 0.392 e. The van der Waals surface area contributed by atoms with Crippen molar-refractivity contribution in [3.05, 3.63) is 42.5 Å². The maximum Gasteiger partial charge on any atom is 0.0681 e. The number of aliphatic hydroxyl groups is 2. The number of hydrogen-bond donors (Lipinski definition) is 2. The van der Waals surface area contributed by atoms with E-state index in [4.69, 9.17) is 5.11 Å². The minimum atomic E-state index is -0.277. The molecule has 0 fully saturated rings. The maximum atomic E-state index is 9.63. The summed E-state index contributed by atoms with van der Waals surface area (Å²) in [6.45, 7) is 3.70. The Balaban J connectivity index is 2.33. The van der Waals surface area contributed by atoms with Gasteiger partial charge in [-0.3, -0.25) is 0 Å². The first-order valence-electron chi connectivity index (χ1n) is 5.38. The molecule has 0 radical (unpaired) electrons. The smallest absolute Gasteiger partial charge is 0.0681 e. The van der Waals surface area contributed by atoms with Crippen LogP contribution in [-0.2, 0) is 6.61 Å². The third kappa shape index (κ3) is 4.84. The standard InChI is InChI=1S/C13H18O2S/c1-2-3-4-12(15)10-16-13-7-5-11(9-14)6-8-13/h2,5-8,12,14-15H,1,3-4,9-10H2. The average Bonchev–Trinajstić information content (AvgIpc) is 2.34. The van der Waals surface area contributed by atoms with Crippen LogP contribution in [0.5, 0.6) is 0 Å². The second-order valence-electron chi connectivity index (χ2n) is 3.63. The Morgan fingerprint density at radius 1 is 1.31 bits per heavy atom. The molecule has 0 saturated carbocycles. The number of thioether (sulfide) groups is 1. The topological polar surface area (TPSA) is 40.5 Å².